The predicted octanol–water partition coefficient (Wildman–Crippen LogP) is 3.25. The fraction of sp³-hybridized carbons (Fsp3) is 0.190. The molecule has 0 bridgehead atoms. The molecule has 3 heterocycles. The van der Waals surface area contributed by atoms with Crippen LogP contribution in [0.5, 0.6) is 0 Å². The molecule has 0 atom stereocenters. The van der Waals surface area contributed by atoms with Gasteiger partial charge in [0.2, 0.25) is 0 Å². The number of rotatable bonds is 6. The van der Waals surface area contributed by atoms with Crippen molar-refractivity contribution < 1.29 is 4.79 Å². The maximum atomic E-state index is 11.6. The van der Waals surface area contributed by atoms with E-state index in [0.717, 1.165) is 41.2 Å². The zero-order valence-corrected chi connectivity index (χ0v) is 14.9. The Morgan fingerprint density at radius 3 is 2.56 bits per heavy atom. The van der Waals surface area contributed by atoms with E-state index in [1.807, 2.05) is 36.5 Å². The first kappa shape index (κ1) is 17.0. The number of hydrogen-bond acceptors (Lipinski definition) is 4. The molecule has 4 rings (SSSR count). The van der Waals surface area contributed by atoms with Gasteiger partial charge in [0.1, 0.15) is 5.82 Å². The van der Waals surface area contributed by atoms with Gasteiger partial charge < -0.3 is 15.5 Å². The first-order valence-corrected chi connectivity index (χ1v) is 9.04. The van der Waals surface area contributed by atoms with Crippen molar-refractivity contribution in [2.75, 3.05) is 31.5 Å². The normalized spacial score (nSPS) is 13.5. The molecule has 1 aromatic carbocycles. The number of anilines is 1. The van der Waals surface area contributed by atoms with E-state index in [9.17, 15) is 4.79 Å². The van der Waals surface area contributed by atoms with Gasteiger partial charge in [0.05, 0.1) is 0 Å². The molecule has 0 aliphatic carbocycles. The topological polar surface area (TPSA) is 70.2 Å². The van der Waals surface area contributed by atoms with E-state index < -0.39 is 0 Å². The molecule has 2 N–H and O–H groups in total. The molecule has 0 saturated carbocycles. The van der Waals surface area contributed by atoms with E-state index in [-0.39, 0.29) is 6.03 Å². The number of amides is 2. The molecule has 0 unspecified atom stereocenters. The summed E-state index contributed by atoms with van der Waals surface area (Å²) in [4.78, 5) is 22.1. The molecular formula is C21H21N5O. The Hall–Kier alpha value is -3.41. The highest BCUT2D eigenvalue weighted by Gasteiger charge is 2.18. The molecule has 2 aromatic heterocycles. The molecule has 1 aliphatic heterocycles. The molecule has 27 heavy (non-hydrogen) atoms. The Kier molecular flexibility index (Phi) is 4.96. The van der Waals surface area contributed by atoms with E-state index in [1.165, 1.54) is 0 Å². The molecule has 6 nitrogen and oxygen atoms in total. The van der Waals surface area contributed by atoms with Gasteiger partial charge in [-0.1, -0.05) is 30.3 Å². The van der Waals surface area contributed by atoms with E-state index in [0.29, 0.717) is 13.1 Å². The minimum absolute atomic E-state index is 0.00154. The highest BCUT2D eigenvalue weighted by molar-refractivity contribution is 5.84. The summed E-state index contributed by atoms with van der Waals surface area (Å²) in [5.74, 6) is 0.793. The van der Waals surface area contributed by atoms with Crippen molar-refractivity contribution in [2.24, 2.45) is 0 Å². The number of carbonyl (C=O) groups is 1. The van der Waals surface area contributed by atoms with Crippen molar-refractivity contribution in [3.63, 3.8) is 0 Å². The standard InChI is InChI=1S/C21H21N5O/c27-21-24-11-13-26(21)12-10-23-20-14-18(17-6-8-22-9-7-17)19(15-25-20)16-4-2-1-3-5-16/h1-9,14-15H,10-13H2,(H,23,25)(H,24,27). The third kappa shape index (κ3) is 3.89. The first-order chi connectivity index (χ1) is 13.3. The lowest BCUT2D eigenvalue weighted by Crippen LogP contribution is -2.32. The van der Waals surface area contributed by atoms with E-state index >= 15 is 0 Å². The molecule has 1 saturated heterocycles. The quantitative estimate of drug-likeness (QED) is 0.709. The number of carbonyl (C=O) groups excluding carboxylic acids is 1. The number of pyridine rings is 2. The summed E-state index contributed by atoms with van der Waals surface area (Å²) >= 11 is 0. The van der Waals surface area contributed by atoms with Gasteiger partial charge in [0.15, 0.2) is 0 Å². The smallest absolute Gasteiger partial charge is 0.317 e. The van der Waals surface area contributed by atoms with E-state index in [4.69, 9.17) is 0 Å². The molecule has 1 aliphatic rings. The maximum absolute atomic E-state index is 11.6. The van der Waals surface area contributed by atoms with Gasteiger partial charge in [0.25, 0.3) is 0 Å². The van der Waals surface area contributed by atoms with Gasteiger partial charge >= 0.3 is 6.03 Å². The Morgan fingerprint density at radius 2 is 1.81 bits per heavy atom. The molecular weight excluding hydrogens is 338 g/mol. The molecule has 6 heteroatoms. The minimum atomic E-state index is 0.00154. The zero-order valence-electron chi connectivity index (χ0n) is 14.9. The second-order valence-corrected chi connectivity index (χ2v) is 6.36. The fourth-order valence-corrected chi connectivity index (χ4v) is 3.21. The molecule has 0 spiro atoms. The van der Waals surface area contributed by atoms with Gasteiger partial charge in [-0.3, -0.25) is 4.98 Å². The maximum Gasteiger partial charge on any atom is 0.317 e. The van der Waals surface area contributed by atoms with Gasteiger partial charge in [-0.25, -0.2) is 9.78 Å². The predicted molar refractivity (Wildman–Crippen MR) is 106 cm³/mol. The summed E-state index contributed by atoms with van der Waals surface area (Å²) in [5.41, 5.74) is 4.39. The van der Waals surface area contributed by atoms with Crippen LogP contribution >= 0.6 is 0 Å². The number of benzene rings is 1. The average Bonchev–Trinajstić information content (AvgIpc) is 3.14. The third-order valence-electron chi connectivity index (χ3n) is 4.61. The minimum Gasteiger partial charge on any atom is -0.368 e. The Labute approximate surface area is 158 Å². The van der Waals surface area contributed by atoms with Crippen LogP contribution in [-0.2, 0) is 0 Å². The van der Waals surface area contributed by atoms with Gasteiger partial charge in [-0.15, -0.1) is 0 Å². The van der Waals surface area contributed by atoms with Gasteiger partial charge in [-0.05, 0) is 34.9 Å². The lowest BCUT2D eigenvalue weighted by Gasteiger charge is -2.16. The second-order valence-electron chi connectivity index (χ2n) is 6.36. The zero-order chi connectivity index (χ0) is 18.5. The summed E-state index contributed by atoms with van der Waals surface area (Å²) in [6.07, 6.45) is 5.49. The molecule has 0 radical (unpaired) electrons. The number of aromatic nitrogens is 2. The summed E-state index contributed by atoms with van der Waals surface area (Å²) in [6.45, 7) is 2.78. The van der Waals surface area contributed by atoms with Crippen LogP contribution < -0.4 is 10.6 Å². The fourth-order valence-electron chi connectivity index (χ4n) is 3.21. The van der Waals surface area contributed by atoms with E-state index in [2.05, 4.69) is 38.8 Å². The lowest BCUT2D eigenvalue weighted by atomic mass is 9.97. The number of nitrogens with one attached hydrogen (secondary N) is 2. The molecule has 3 aromatic rings. The van der Waals surface area contributed by atoms with Crippen LogP contribution in [0.15, 0.2) is 67.1 Å². The van der Waals surface area contributed by atoms with Gasteiger partial charge in [0, 0.05) is 50.3 Å². The van der Waals surface area contributed by atoms with Crippen molar-refractivity contribution in [3.05, 3.63) is 67.1 Å². The monoisotopic (exact) mass is 359 g/mol. The first-order valence-electron chi connectivity index (χ1n) is 9.04. The molecule has 2 amide bonds. The van der Waals surface area contributed by atoms with Gasteiger partial charge in [-0.2, -0.15) is 0 Å². The van der Waals surface area contributed by atoms with Crippen molar-refractivity contribution in [1.29, 1.82) is 0 Å². The summed E-state index contributed by atoms with van der Waals surface area (Å²) in [7, 11) is 0. The van der Waals surface area contributed by atoms with Crippen molar-refractivity contribution in [1.82, 2.24) is 20.2 Å². The van der Waals surface area contributed by atoms with Crippen molar-refractivity contribution in [2.45, 2.75) is 0 Å². The van der Waals surface area contributed by atoms with Crippen LogP contribution in [0.2, 0.25) is 0 Å². The molecule has 136 valence electrons. The Balaban J connectivity index is 1.58. The van der Waals surface area contributed by atoms with E-state index in [1.54, 1.807) is 17.3 Å². The highest BCUT2D eigenvalue weighted by atomic mass is 16.2. The number of hydrogen-bond donors (Lipinski definition) is 2. The second kappa shape index (κ2) is 7.86. The van der Waals surface area contributed by atoms with Crippen molar-refractivity contribution in [3.8, 4) is 22.3 Å². The Morgan fingerprint density at radius 1 is 1.04 bits per heavy atom. The summed E-state index contributed by atoms with van der Waals surface area (Å²) in [6, 6.07) is 16.3. The van der Waals surface area contributed by atoms with Crippen LogP contribution in [0, 0.1) is 0 Å². The van der Waals surface area contributed by atoms with Crippen LogP contribution in [0.1, 0.15) is 0 Å². The van der Waals surface area contributed by atoms with Crippen LogP contribution in [0.25, 0.3) is 22.3 Å². The molecule has 1 fully saturated rings. The number of urea groups is 1. The SMILES string of the molecule is O=C1NCCN1CCNc1cc(-c2ccncc2)c(-c2ccccc2)cn1. The van der Waals surface area contributed by atoms with Crippen LogP contribution in [0.4, 0.5) is 10.6 Å². The number of nitrogens with zero attached hydrogens (tertiary/aromatic N) is 3. The summed E-state index contributed by atoms with van der Waals surface area (Å²) in [5, 5.41) is 6.14. The lowest BCUT2D eigenvalue weighted by molar-refractivity contribution is 0.219. The third-order valence-corrected chi connectivity index (χ3v) is 4.61. The largest absolute Gasteiger partial charge is 0.368 e. The van der Waals surface area contributed by atoms with Crippen LogP contribution in [0.3, 0.4) is 0 Å². The Bertz CT molecular complexity index is 914. The average molecular weight is 359 g/mol. The summed E-state index contributed by atoms with van der Waals surface area (Å²) < 4.78 is 0. The highest BCUT2D eigenvalue weighted by Crippen LogP contribution is 2.32. The van der Waals surface area contributed by atoms with Crippen LogP contribution in [-0.4, -0.2) is 47.1 Å². The van der Waals surface area contributed by atoms with Crippen molar-refractivity contribution >= 4 is 11.8 Å².